The Morgan fingerprint density at radius 2 is 2.00 bits per heavy atom. The van der Waals surface area contributed by atoms with Crippen molar-refractivity contribution >= 4 is 11.7 Å². The predicted molar refractivity (Wildman–Crippen MR) is 45.0 cm³/mol. The fraction of sp³-hybridized carbons (Fsp3) is 0.750. The van der Waals surface area contributed by atoms with E-state index >= 15 is 0 Å². The van der Waals surface area contributed by atoms with E-state index in [0.29, 0.717) is 0 Å². The lowest BCUT2D eigenvalue weighted by Gasteiger charge is -2.26. The molecule has 0 aliphatic heterocycles. The number of amides is 1. The lowest BCUT2D eigenvalue weighted by atomic mass is 9.85. The number of carbonyl (C=O) groups is 2. The van der Waals surface area contributed by atoms with Crippen LogP contribution in [0.5, 0.6) is 0 Å². The number of rotatable bonds is 4. The number of carbonyl (C=O) groups excluding carboxylic acids is 2. The van der Waals surface area contributed by atoms with E-state index in [4.69, 9.17) is 5.21 Å². The Morgan fingerprint density at radius 1 is 1.54 bits per heavy atom. The van der Waals surface area contributed by atoms with E-state index in [9.17, 15) is 14.7 Å². The third-order valence-electron chi connectivity index (χ3n) is 2.23. The van der Waals surface area contributed by atoms with E-state index in [1.165, 1.54) is 19.3 Å². The molecule has 0 aromatic rings. The summed E-state index contributed by atoms with van der Waals surface area (Å²) in [4.78, 5) is 22.1. The van der Waals surface area contributed by atoms with Gasteiger partial charge in [0.1, 0.15) is 5.60 Å². The SMILES string of the molecule is CCC(=O)[C@@](C)(O)[C@H](C)C(=O)NO. The van der Waals surface area contributed by atoms with E-state index in [2.05, 4.69) is 0 Å². The highest BCUT2D eigenvalue weighted by atomic mass is 16.5. The average Bonchev–Trinajstić information content (AvgIpc) is 2.13. The number of nitrogens with one attached hydrogen (secondary N) is 1. The average molecular weight is 189 g/mol. The predicted octanol–water partition coefficient (Wildman–Crippen LogP) is -0.142. The molecule has 0 aliphatic carbocycles. The van der Waals surface area contributed by atoms with Gasteiger partial charge < -0.3 is 5.11 Å². The van der Waals surface area contributed by atoms with Crippen molar-refractivity contribution in [2.24, 2.45) is 5.92 Å². The van der Waals surface area contributed by atoms with Gasteiger partial charge in [-0.1, -0.05) is 13.8 Å². The largest absolute Gasteiger partial charge is 0.382 e. The zero-order valence-electron chi connectivity index (χ0n) is 8.00. The van der Waals surface area contributed by atoms with Crippen LogP contribution in [0.3, 0.4) is 0 Å². The van der Waals surface area contributed by atoms with Gasteiger partial charge in [0.05, 0.1) is 5.92 Å². The van der Waals surface area contributed by atoms with E-state index in [1.54, 1.807) is 6.92 Å². The minimum absolute atomic E-state index is 0.149. The monoisotopic (exact) mass is 189 g/mol. The van der Waals surface area contributed by atoms with Gasteiger partial charge >= 0.3 is 0 Å². The number of hydrogen-bond donors (Lipinski definition) is 3. The third kappa shape index (κ3) is 2.50. The summed E-state index contributed by atoms with van der Waals surface area (Å²) in [6.07, 6.45) is 0.149. The molecule has 0 spiro atoms. The van der Waals surface area contributed by atoms with Crippen LogP contribution in [0.1, 0.15) is 27.2 Å². The number of Topliss-reactive ketones (excluding diaryl/α,β-unsaturated/α-hetero) is 1. The van der Waals surface area contributed by atoms with Gasteiger partial charge in [0, 0.05) is 6.42 Å². The molecule has 0 rings (SSSR count). The van der Waals surface area contributed by atoms with Crippen LogP contribution in [0.4, 0.5) is 0 Å². The molecular formula is C8H15NO4. The summed E-state index contributed by atoms with van der Waals surface area (Å²) in [7, 11) is 0. The second-order valence-corrected chi connectivity index (χ2v) is 3.12. The summed E-state index contributed by atoms with van der Waals surface area (Å²) in [6.45, 7) is 4.23. The van der Waals surface area contributed by atoms with Crippen molar-refractivity contribution in [1.82, 2.24) is 5.48 Å². The lowest BCUT2D eigenvalue weighted by molar-refractivity contribution is -0.152. The van der Waals surface area contributed by atoms with Crippen molar-refractivity contribution in [3.05, 3.63) is 0 Å². The smallest absolute Gasteiger partial charge is 0.249 e. The molecule has 0 saturated carbocycles. The van der Waals surface area contributed by atoms with Crippen LogP contribution in [0, 0.1) is 5.92 Å². The summed E-state index contributed by atoms with van der Waals surface area (Å²) >= 11 is 0. The Labute approximate surface area is 76.7 Å². The first-order chi connectivity index (χ1) is 5.87. The molecular weight excluding hydrogens is 174 g/mol. The highest BCUT2D eigenvalue weighted by Crippen LogP contribution is 2.19. The van der Waals surface area contributed by atoms with Crippen molar-refractivity contribution in [2.45, 2.75) is 32.8 Å². The Morgan fingerprint density at radius 3 is 2.31 bits per heavy atom. The molecule has 76 valence electrons. The van der Waals surface area contributed by atoms with Crippen LogP contribution in [0.2, 0.25) is 0 Å². The molecule has 13 heavy (non-hydrogen) atoms. The first-order valence-electron chi connectivity index (χ1n) is 4.07. The highest BCUT2D eigenvalue weighted by molar-refractivity contribution is 5.92. The lowest BCUT2D eigenvalue weighted by Crippen LogP contribution is -2.48. The molecule has 2 atom stereocenters. The van der Waals surface area contributed by atoms with Crippen LogP contribution < -0.4 is 5.48 Å². The van der Waals surface area contributed by atoms with Gasteiger partial charge in [0.2, 0.25) is 5.91 Å². The normalized spacial score (nSPS) is 17.3. The molecule has 0 saturated heterocycles. The molecule has 0 aromatic carbocycles. The maximum Gasteiger partial charge on any atom is 0.249 e. The molecule has 0 aromatic heterocycles. The van der Waals surface area contributed by atoms with Crippen LogP contribution in [-0.2, 0) is 9.59 Å². The second-order valence-electron chi connectivity index (χ2n) is 3.12. The van der Waals surface area contributed by atoms with Crippen molar-refractivity contribution in [3.63, 3.8) is 0 Å². The third-order valence-corrected chi connectivity index (χ3v) is 2.23. The van der Waals surface area contributed by atoms with Gasteiger partial charge in [-0.25, -0.2) is 5.48 Å². The molecule has 0 heterocycles. The van der Waals surface area contributed by atoms with Crippen molar-refractivity contribution in [1.29, 1.82) is 0 Å². The minimum Gasteiger partial charge on any atom is -0.382 e. The van der Waals surface area contributed by atoms with Crippen LogP contribution in [0.25, 0.3) is 0 Å². The Kier molecular flexibility index (Phi) is 4.03. The van der Waals surface area contributed by atoms with E-state index in [1.807, 2.05) is 0 Å². The standard InChI is InChI=1S/C8H15NO4/c1-4-6(10)8(3,12)5(2)7(11)9-13/h5,12-13H,4H2,1-3H3,(H,9,11)/t5-,8+/m1/s1. The van der Waals surface area contributed by atoms with Crippen molar-refractivity contribution in [3.8, 4) is 0 Å². The molecule has 3 N–H and O–H groups in total. The zero-order chi connectivity index (χ0) is 10.6. The topological polar surface area (TPSA) is 86.6 Å². The molecule has 0 fully saturated rings. The van der Waals surface area contributed by atoms with E-state index in [-0.39, 0.29) is 6.42 Å². The van der Waals surface area contributed by atoms with Gasteiger partial charge in [0.15, 0.2) is 5.78 Å². The molecule has 0 unspecified atom stereocenters. The summed E-state index contributed by atoms with van der Waals surface area (Å²) in [6, 6.07) is 0. The van der Waals surface area contributed by atoms with Crippen LogP contribution in [-0.4, -0.2) is 27.6 Å². The van der Waals surface area contributed by atoms with E-state index in [0.717, 1.165) is 0 Å². The first-order valence-corrected chi connectivity index (χ1v) is 4.07. The molecule has 0 radical (unpaired) electrons. The maximum absolute atomic E-state index is 11.2. The Bertz CT molecular complexity index is 212. The van der Waals surface area contributed by atoms with Gasteiger partial charge in [-0.05, 0) is 6.92 Å². The fourth-order valence-corrected chi connectivity index (χ4v) is 0.951. The first kappa shape index (κ1) is 12.1. The molecule has 0 bridgehead atoms. The summed E-state index contributed by atoms with van der Waals surface area (Å²) in [5, 5.41) is 17.9. The quantitative estimate of drug-likeness (QED) is 0.424. The molecule has 0 aliphatic rings. The van der Waals surface area contributed by atoms with Crippen LogP contribution in [0.15, 0.2) is 0 Å². The van der Waals surface area contributed by atoms with Gasteiger partial charge in [-0.3, -0.25) is 14.8 Å². The molecule has 1 amide bonds. The Hall–Kier alpha value is -0.940. The highest BCUT2D eigenvalue weighted by Gasteiger charge is 2.39. The van der Waals surface area contributed by atoms with E-state index < -0.39 is 23.2 Å². The number of hydroxylamine groups is 1. The Balaban J connectivity index is 4.62. The minimum atomic E-state index is -1.72. The molecule has 5 nitrogen and oxygen atoms in total. The molecule has 5 heteroatoms. The second kappa shape index (κ2) is 4.34. The summed E-state index contributed by atoms with van der Waals surface area (Å²) in [5.41, 5.74) is -0.322. The summed E-state index contributed by atoms with van der Waals surface area (Å²) < 4.78 is 0. The van der Waals surface area contributed by atoms with Gasteiger partial charge in [-0.15, -0.1) is 0 Å². The maximum atomic E-state index is 11.2. The van der Waals surface area contributed by atoms with Gasteiger partial charge in [0.25, 0.3) is 0 Å². The van der Waals surface area contributed by atoms with Gasteiger partial charge in [-0.2, -0.15) is 0 Å². The fourth-order valence-electron chi connectivity index (χ4n) is 0.951. The number of ketones is 1. The van der Waals surface area contributed by atoms with Crippen molar-refractivity contribution in [2.75, 3.05) is 0 Å². The summed E-state index contributed by atoms with van der Waals surface area (Å²) in [5.74, 6) is -2.17. The zero-order valence-corrected chi connectivity index (χ0v) is 8.00. The number of hydrogen-bond acceptors (Lipinski definition) is 4. The van der Waals surface area contributed by atoms with Crippen LogP contribution >= 0.6 is 0 Å². The van der Waals surface area contributed by atoms with Crippen molar-refractivity contribution < 1.29 is 19.9 Å². The number of aliphatic hydroxyl groups is 1.